The molecule has 0 saturated carbocycles. The van der Waals surface area contributed by atoms with Gasteiger partial charge in [0.05, 0.1) is 17.1 Å². The molecule has 104 valence electrons. The van der Waals surface area contributed by atoms with Gasteiger partial charge in [0, 0.05) is 12.7 Å². The van der Waals surface area contributed by atoms with E-state index in [1.165, 1.54) is 18.2 Å². The summed E-state index contributed by atoms with van der Waals surface area (Å²) in [6.07, 6.45) is 0.895. The molecule has 0 atom stereocenters. The predicted molar refractivity (Wildman–Crippen MR) is 69.5 cm³/mol. The fraction of sp³-hybridized carbons (Fsp3) is 0.417. The summed E-state index contributed by atoms with van der Waals surface area (Å²) in [5.41, 5.74) is -0.0735. The van der Waals surface area contributed by atoms with Gasteiger partial charge < -0.3 is 9.47 Å². The molecule has 1 aromatic rings. The van der Waals surface area contributed by atoms with E-state index in [1.54, 1.807) is 0 Å². The lowest BCUT2D eigenvalue weighted by Crippen LogP contribution is -2.11. The minimum atomic E-state index is -0.615. The number of esters is 1. The zero-order chi connectivity index (χ0) is 14.3. The number of carbonyl (C=O) groups excluding carboxylic acids is 1. The maximum absolute atomic E-state index is 11.6. The summed E-state index contributed by atoms with van der Waals surface area (Å²) >= 11 is 5.70. The van der Waals surface area contributed by atoms with Crippen LogP contribution in [0.3, 0.4) is 0 Å². The second-order valence-electron chi connectivity index (χ2n) is 3.67. The molecule has 0 aromatic heterocycles. The highest BCUT2D eigenvalue weighted by Crippen LogP contribution is 2.25. The second kappa shape index (κ2) is 7.70. The molecule has 6 nitrogen and oxygen atoms in total. The van der Waals surface area contributed by atoms with Crippen molar-refractivity contribution in [3.63, 3.8) is 0 Å². The number of nitro benzene ring substituents is 1. The number of carbonyl (C=O) groups is 1. The number of rotatable bonds is 7. The third-order valence-electron chi connectivity index (χ3n) is 2.19. The monoisotopic (exact) mass is 287 g/mol. The Hall–Kier alpha value is -1.66. The van der Waals surface area contributed by atoms with E-state index in [2.05, 4.69) is 0 Å². The molecule has 0 aliphatic rings. The highest BCUT2D eigenvalue weighted by atomic mass is 35.5. The molecule has 1 rings (SSSR count). The summed E-state index contributed by atoms with van der Waals surface area (Å²) in [5, 5.41) is 10.5. The molecule has 0 fully saturated rings. The van der Waals surface area contributed by atoms with Crippen molar-refractivity contribution in [2.75, 3.05) is 19.8 Å². The summed E-state index contributed by atoms with van der Waals surface area (Å²) in [6, 6.07) is 3.70. The van der Waals surface area contributed by atoms with Crippen LogP contribution >= 0.6 is 11.6 Å². The third-order valence-corrected chi connectivity index (χ3v) is 2.49. The summed E-state index contributed by atoms with van der Waals surface area (Å²) in [6.45, 7) is 3.04. The molecule has 0 unspecified atom stereocenters. The zero-order valence-corrected chi connectivity index (χ0v) is 11.2. The van der Waals surface area contributed by atoms with Crippen LogP contribution in [0.4, 0.5) is 5.69 Å². The van der Waals surface area contributed by atoms with Crippen molar-refractivity contribution in [1.29, 1.82) is 0 Å². The van der Waals surface area contributed by atoms with Crippen LogP contribution in [0.1, 0.15) is 23.7 Å². The number of ether oxygens (including phenoxy) is 2. The molecule has 0 heterocycles. The number of halogens is 1. The Morgan fingerprint density at radius 2 is 2.11 bits per heavy atom. The van der Waals surface area contributed by atoms with Crippen molar-refractivity contribution >= 4 is 23.3 Å². The van der Waals surface area contributed by atoms with E-state index in [9.17, 15) is 14.9 Å². The van der Waals surface area contributed by atoms with E-state index in [4.69, 9.17) is 21.1 Å². The van der Waals surface area contributed by atoms with Gasteiger partial charge in [-0.05, 0) is 18.6 Å². The van der Waals surface area contributed by atoms with E-state index >= 15 is 0 Å². The third kappa shape index (κ3) is 4.84. The smallest absolute Gasteiger partial charge is 0.338 e. The zero-order valence-electron chi connectivity index (χ0n) is 10.4. The number of hydrogen-bond acceptors (Lipinski definition) is 5. The van der Waals surface area contributed by atoms with Crippen molar-refractivity contribution in [3.05, 3.63) is 38.9 Å². The van der Waals surface area contributed by atoms with E-state index in [-0.39, 0.29) is 22.9 Å². The minimum Gasteiger partial charge on any atom is -0.460 e. The number of benzene rings is 1. The van der Waals surface area contributed by atoms with Crippen molar-refractivity contribution in [2.24, 2.45) is 0 Å². The summed E-state index contributed by atoms with van der Waals surface area (Å²) in [7, 11) is 0. The van der Waals surface area contributed by atoms with Crippen LogP contribution in [0.15, 0.2) is 18.2 Å². The van der Waals surface area contributed by atoms with Crippen LogP contribution in [0.25, 0.3) is 0 Å². The van der Waals surface area contributed by atoms with Gasteiger partial charge in [-0.25, -0.2) is 4.79 Å². The average molecular weight is 288 g/mol. The van der Waals surface area contributed by atoms with Crippen LogP contribution in [0, 0.1) is 10.1 Å². The summed E-state index contributed by atoms with van der Waals surface area (Å²) < 4.78 is 10.1. The quantitative estimate of drug-likeness (QED) is 0.333. The van der Waals surface area contributed by atoms with Crippen molar-refractivity contribution < 1.29 is 19.2 Å². The highest BCUT2D eigenvalue weighted by Gasteiger charge is 2.15. The molecule has 0 saturated heterocycles. The molecule has 19 heavy (non-hydrogen) atoms. The molecule has 0 bridgehead atoms. The molecule has 0 amide bonds. The van der Waals surface area contributed by atoms with E-state index in [1.807, 2.05) is 6.92 Å². The molecular formula is C12H14ClNO5. The Morgan fingerprint density at radius 1 is 1.37 bits per heavy atom. The normalized spacial score (nSPS) is 10.2. The lowest BCUT2D eigenvalue weighted by Gasteiger charge is -2.05. The van der Waals surface area contributed by atoms with Gasteiger partial charge in [0.25, 0.3) is 5.69 Å². The van der Waals surface area contributed by atoms with Gasteiger partial charge in [0.2, 0.25) is 0 Å². The highest BCUT2D eigenvalue weighted by molar-refractivity contribution is 6.33. The maximum Gasteiger partial charge on any atom is 0.338 e. The molecule has 0 spiro atoms. The first-order valence-corrected chi connectivity index (χ1v) is 6.13. The number of hydrogen-bond donors (Lipinski definition) is 0. The van der Waals surface area contributed by atoms with E-state index < -0.39 is 10.9 Å². The fourth-order valence-electron chi connectivity index (χ4n) is 1.30. The van der Waals surface area contributed by atoms with Gasteiger partial charge in [0.1, 0.15) is 11.6 Å². The minimum absolute atomic E-state index is 0.0957. The fourth-order valence-corrected chi connectivity index (χ4v) is 1.55. The molecule has 0 radical (unpaired) electrons. The SMILES string of the molecule is CCCOCCOC(=O)c1ccc([N+](=O)[O-])c(Cl)c1. The van der Waals surface area contributed by atoms with E-state index in [0.717, 1.165) is 6.42 Å². The first-order valence-electron chi connectivity index (χ1n) is 5.75. The Morgan fingerprint density at radius 3 is 2.68 bits per heavy atom. The standard InChI is InChI=1S/C12H14ClNO5/c1-2-5-18-6-7-19-12(15)9-3-4-11(14(16)17)10(13)8-9/h3-4,8H,2,5-7H2,1H3. The Kier molecular flexibility index (Phi) is 6.24. The van der Waals surface area contributed by atoms with Crippen LogP contribution in [-0.2, 0) is 9.47 Å². The van der Waals surface area contributed by atoms with Gasteiger partial charge in [-0.1, -0.05) is 18.5 Å². The average Bonchev–Trinajstić information content (AvgIpc) is 2.37. The molecule has 7 heteroatoms. The van der Waals surface area contributed by atoms with Crippen molar-refractivity contribution in [2.45, 2.75) is 13.3 Å². The topological polar surface area (TPSA) is 78.7 Å². The van der Waals surface area contributed by atoms with Crippen molar-refractivity contribution in [3.8, 4) is 0 Å². The first-order chi connectivity index (χ1) is 9.06. The van der Waals surface area contributed by atoms with Gasteiger partial charge in [-0.2, -0.15) is 0 Å². The Balaban J connectivity index is 2.53. The van der Waals surface area contributed by atoms with Crippen LogP contribution in [0.5, 0.6) is 0 Å². The lowest BCUT2D eigenvalue weighted by molar-refractivity contribution is -0.384. The van der Waals surface area contributed by atoms with Crippen LogP contribution in [0.2, 0.25) is 5.02 Å². The van der Waals surface area contributed by atoms with Gasteiger partial charge in [0.15, 0.2) is 0 Å². The van der Waals surface area contributed by atoms with Gasteiger partial charge >= 0.3 is 5.97 Å². The van der Waals surface area contributed by atoms with Crippen LogP contribution in [-0.4, -0.2) is 30.7 Å². The largest absolute Gasteiger partial charge is 0.460 e. The summed E-state index contributed by atoms with van der Waals surface area (Å²) in [4.78, 5) is 21.6. The van der Waals surface area contributed by atoms with Gasteiger partial charge in [-0.15, -0.1) is 0 Å². The van der Waals surface area contributed by atoms with Crippen LogP contribution < -0.4 is 0 Å². The molecule has 1 aromatic carbocycles. The second-order valence-corrected chi connectivity index (χ2v) is 4.08. The molecule has 0 aliphatic heterocycles. The van der Waals surface area contributed by atoms with E-state index in [0.29, 0.717) is 13.2 Å². The molecule has 0 N–H and O–H groups in total. The number of nitro groups is 1. The summed E-state index contributed by atoms with van der Waals surface area (Å²) in [5.74, 6) is -0.586. The first kappa shape index (κ1) is 15.4. The Labute approximate surface area is 115 Å². The maximum atomic E-state index is 11.6. The van der Waals surface area contributed by atoms with Crippen molar-refractivity contribution in [1.82, 2.24) is 0 Å². The van der Waals surface area contributed by atoms with Gasteiger partial charge in [-0.3, -0.25) is 10.1 Å². The Bertz CT molecular complexity index is 463. The molecular weight excluding hydrogens is 274 g/mol. The lowest BCUT2D eigenvalue weighted by atomic mass is 10.2. The predicted octanol–water partition coefficient (Wildman–Crippen LogP) is 2.83. The number of nitrogens with zero attached hydrogens (tertiary/aromatic N) is 1. The molecule has 0 aliphatic carbocycles.